The SMILES string of the molecule is O=C(Nc1cc(F)ccc1F)c1sc2cccc(F)c2c1Cl. The van der Waals surface area contributed by atoms with E-state index in [0.717, 1.165) is 29.5 Å². The van der Waals surface area contributed by atoms with Crippen LogP contribution in [0.25, 0.3) is 10.1 Å². The van der Waals surface area contributed by atoms with Crippen LogP contribution in [0, 0.1) is 17.5 Å². The third-order valence-electron chi connectivity index (χ3n) is 2.99. The van der Waals surface area contributed by atoms with Crippen molar-refractivity contribution in [2.24, 2.45) is 0 Å². The summed E-state index contributed by atoms with van der Waals surface area (Å²) in [6.07, 6.45) is 0. The number of nitrogens with one attached hydrogen (secondary N) is 1. The van der Waals surface area contributed by atoms with Crippen LogP contribution in [0.5, 0.6) is 0 Å². The van der Waals surface area contributed by atoms with Gasteiger partial charge in [-0.2, -0.15) is 0 Å². The van der Waals surface area contributed by atoms with E-state index >= 15 is 0 Å². The fourth-order valence-corrected chi connectivity index (χ4v) is 3.44. The normalized spacial score (nSPS) is 10.9. The van der Waals surface area contributed by atoms with Gasteiger partial charge in [0.25, 0.3) is 5.91 Å². The first-order chi connectivity index (χ1) is 10.5. The molecule has 112 valence electrons. The van der Waals surface area contributed by atoms with Crippen LogP contribution in [-0.4, -0.2) is 5.91 Å². The number of carbonyl (C=O) groups excluding carboxylic acids is 1. The van der Waals surface area contributed by atoms with Crippen LogP contribution in [-0.2, 0) is 0 Å². The smallest absolute Gasteiger partial charge is 0.267 e. The Morgan fingerprint density at radius 3 is 2.59 bits per heavy atom. The van der Waals surface area contributed by atoms with Gasteiger partial charge in [-0.3, -0.25) is 4.79 Å². The van der Waals surface area contributed by atoms with Gasteiger partial charge in [0.2, 0.25) is 0 Å². The zero-order chi connectivity index (χ0) is 15.9. The van der Waals surface area contributed by atoms with Crippen LogP contribution in [0.3, 0.4) is 0 Å². The van der Waals surface area contributed by atoms with E-state index in [4.69, 9.17) is 11.6 Å². The number of fused-ring (bicyclic) bond motifs is 1. The third kappa shape index (κ3) is 2.55. The fourth-order valence-electron chi connectivity index (χ4n) is 1.99. The molecule has 0 unspecified atom stereocenters. The van der Waals surface area contributed by atoms with Crippen molar-refractivity contribution in [3.05, 3.63) is 63.7 Å². The lowest BCUT2D eigenvalue weighted by Crippen LogP contribution is -2.12. The molecule has 0 atom stereocenters. The Morgan fingerprint density at radius 2 is 1.86 bits per heavy atom. The van der Waals surface area contributed by atoms with Gasteiger partial charge in [-0.25, -0.2) is 13.2 Å². The zero-order valence-electron chi connectivity index (χ0n) is 10.8. The summed E-state index contributed by atoms with van der Waals surface area (Å²) in [6, 6.07) is 7.04. The predicted molar refractivity (Wildman–Crippen MR) is 81.1 cm³/mol. The van der Waals surface area contributed by atoms with Crippen molar-refractivity contribution < 1.29 is 18.0 Å². The highest BCUT2D eigenvalue weighted by Crippen LogP contribution is 2.37. The van der Waals surface area contributed by atoms with Crippen LogP contribution in [0.15, 0.2) is 36.4 Å². The van der Waals surface area contributed by atoms with Crippen molar-refractivity contribution in [1.29, 1.82) is 0 Å². The molecule has 0 bridgehead atoms. The minimum atomic E-state index is -0.779. The Kier molecular flexibility index (Phi) is 3.80. The molecule has 2 nitrogen and oxygen atoms in total. The number of rotatable bonds is 2. The van der Waals surface area contributed by atoms with Crippen molar-refractivity contribution in [2.75, 3.05) is 5.32 Å². The van der Waals surface area contributed by atoms with Crippen LogP contribution < -0.4 is 5.32 Å². The second-order valence-electron chi connectivity index (χ2n) is 4.44. The molecule has 1 amide bonds. The Labute approximate surface area is 132 Å². The summed E-state index contributed by atoms with van der Waals surface area (Å²) in [6.45, 7) is 0. The number of anilines is 1. The highest BCUT2D eigenvalue weighted by atomic mass is 35.5. The maximum atomic E-state index is 13.7. The van der Waals surface area contributed by atoms with Crippen LogP contribution in [0.4, 0.5) is 18.9 Å². The van der Waals surface area contributed by atoms with Crippen molar-refractivity contribution >= 4 is 44.6 Å². The second kappa shape index (κ2) is 5.62. The molecule has 7 heteroatoms. The number of carbonyl (C=O) groups is 1. The van der Waals surface area contributed by atoms with Gasteiger partial charge in [0.05, 0.1) is 10.7 Å². The highest BCUT2D eigenvalue weighted by molar-refractivity contribution is 7.21. The monoisotopic (exact) mass is 341 g/mol. The van der Waals surface area contributed by atoms with Gasteiger partial charge < -0.3 is 5.32 Å². The third-order valence-corrected chi connectivity index (χ3v) is 4.63. The van der Waals surface area contributed by atoms with Gasteiger partial charge >= 0.3 is 0 Å². The molecule has 1 aromatic heterocycles. The average molecular weight is 342 g/mol. The molecule has 0 aliphatic rings. The van der Waals surface area contributed by atoms with Crippen molar-refractivity contribution in [3.8, 4) is 0 Å². The van der Waals surface area contributed by atoms with E-state index < -0.39 is 23.4 Å². The summed E-state index contributed by atoms with van der Waals surface area (Å²) in [5.41, 5.74) is -0.306. The minimum absolute atomic E-state index is 0.0328. The lowest BCUT2D eigenvalue weighted by Gasteiger charge is -2.05. The van der Waals surface area contributed by atoms with Crippen molar-refractivity contribution in [1.82, 2.24) is 0 Å². The molecular formula is C15H7ClF3NOS. The standard InChI is InChI=1S/C15H7ClF3NOS/c16-13-12-9(19)2-1-3-11(12)22-14(13)15(21)20-10-6-7(17)4-5-8(10)18/h1-6H,(H,20,21). The summed E-state index contributed by atoms with van der Waals surface area (Å²) in [4.78, 5) is 12.2. The summed E-state index contributed by atoms with van der Waals surface area (Å²) in [7, 11) is 0. The zero-order valence-corrected chi connectivity index (χ0v) is 12.4. The number of benzene rings is 2. The van der Waals surface area contributed by atoms with Gasteiger partial charge in [-0.05, 0) is 24.3 Å². The number of amides is 1. The molecule has 1 heterocycles. The van der Waals surface area contributed by atoms with E-state index in [9.17, 15) is 18.0 Å². The Balaban J connectivity index is 2.01. The molecule has 22 heavy (non-hydrogen) atoms. The summed E-state index contributed by atoms with van der Waals surface area (Å²) in [5.74, 6) is -2.74. The van der Waals surface area contributed by atoms with Crippen LogP contribution in [0.1, 0.15) is 9.67 Å². The van der Waals surface area contributed by atoms with Gasteiger partial charge in [-0.1, -0.05) is 17.7 Å². The molecule has 0 spiro atoms. The van der Waals surface area contributed by atoms with Crippen molar-refractivity contribution in [3.63, 3.8) is 0 Å². The minimum Gasteiger partial charge on any atom is -0.319 e. The van der Waals surface area contributed by atoms with Crippen molar-refractivity contribution in [2.45, 2.75) is 0 Å². The predicted octanol–water partition coefficient (Wildman–Crippen LogP) is 5.22. The number of thiophene rings is 1. The van der Waals surface area contributed by atoms with E-state index in [1.165, 1.54) is 12.1 Å². The van der Waals surface area contributed by atoms with Gasteiger partial charge in [0.15, 0.2) is 0 Å². The molecule has 0 saturated heterocycles. The van der Waals surface area contributed by atoms with E-state index in [0.29, 0.717) is 4.70 Å². The molecule has 3 aromatic rings. The van der Waals surface area contributed by atoms with Gasteiger partial charge in [-0.15, -0.1) is 11.3 Å². The first-order valence-corrected chi connectivity index (χ1v) is 7.29. The topological polar surface area (TPSA) is 29.1 Å². The lowest BCUT2D eigenvalue weighted by atomic mass is 10.2. The Hall–Kier alpha value is -2.05. The van der Waals surface area contributed by atoms with E-state index in [1.54, 1.807) is 6.07 Å². The average Bonchev–Trinajstić information content (AvgIpc) is 2.81. The summed E-state index contributed by atoms with van der Waals surface area (Å²) in [5, 5.41) is 2.33. The molecular weight excluding hydrogens is 335 g/mol. The number of hydrogen-bond acceptors (Lipinski definition) is 2. The first-order valence-electron chi connectivity index (χ1n) is 6.10. The molecule has 0 saturated carbocycles. The fraction of sp³-hybridized carbons (Fsp3) is 0. The van der Waals surface area contributed by atoms with Crippen LogP contribution in [0.2, 0.25) is 5.02 Å². The van der Waals surface area contributed by atoms with E-state index in [-0.39, 0.29) is 21.0 Å². The lowest BCUT2D eigenvalue weighted by molar-refractivity contribution is 0.103. The maximum Gasteiger partial charge on any atom is 0.267 e. The summed E-state index contributed by atoms with van der Waals surface area (Å²) < 4.78 is 40.9. The quantitative estimate of drug-likeness (QED) is 0.680. The first kappa shape index (κ1) is 14.9. The molecule has 0 aliphatic heterocycles. The molecule has 3 rings (SSSR count). The number of hydrogen-bond donors (Lipinski definition) is 1. The van der Waals surface area contributed by atoms with Gasteiger partial charge in [0.1, 0.15) is 22.3 Å². The maximum absolute atomic E-state index is 13.7. The second-order valence-corrected chi connectivity index (χ2v) is 5.87. The Morgan fingerprint density at radius 1 is 1.09 bits per heavy atom. The van der Waals surface area contributed by atoms with E-state index in [1.807, 2.05) is 0 Å². The largest absolute Gasteiger partial charge is 0.319 e. The van der Waals surface area contributed by atoms with E-state index in [2.05, 4.69) is 5.32 Å². The molecule has 0 aliphatic carbocycles. The molecule has 2 aromatic carbocycles. The Bertz CT molecular complexity index is 894. The van der Waals surface area contributed by atoms with Gasteiger partial charge in [0, 0.05) is 16.2 Å². The molecule has 0 radical (unpaired) electrons. The molecule has 1 N–H and O–H groups in total. The highest BCUT2D eigenvalue weighted by Gasteiger charge is 2.20. The summed E-state index contributed by atoms with van der Waals surface area (Å²) >= 11 is 7.01. The van der Waals surface area contributed by atoms with Crippen LogP contribution >= 0.6 is 22.9 Å². The molecule has 0 fully saturated rings. The number of halogens is 4.